The molecule has 2 aliphatic rings. The Morgan fingerprint density at radius 1 is 1.50 bits per heavy atom. The van der Waals surface area contributed by atoms with E-state index in [1.54, 1.807) is 6.92 Å². The highest BCUT2D eigenvalue weighted by Gasteiger charge is 2.41. The predicted molar refractivity (Wildman–Crippen MR) is 51.1 cm³/mol. The second-order valence-electron chi connectivity index (χ2n) is 4.29. The highest BCUT2D eigenvalue weighted by Crippen LogP contribution is 2.38. The van der Waals surface area contributed by atoms with Crippen molar-refractivity contribution in [2.45, 2.75) is 44.4 Å². The average molecular weight is 199 g/mol. The SMILES string of the molecule is CC(NC1CCOC1C1CC1)C(=O)O. The van der Waals surface area contributed by atoms with Crippen LogP contribution >= 0.6 is 0 Å². The van der Waals surface area contributed by atoms with E-state index >= 15 is 0 Å². The minimum absolute atomic E-state index is 0.244. The van der Waals surface area contributed by atoms with Crippen molar-refractivity contribution in [2.24, 2.45) is 5.92 Å². The number of carbonyl (C=O) groups is 1. The van der Waals surface area contributed by atoms with Crippen LogP contribution in [0.1, 0.15) is 26.2 Å². The van der Waals surface area contributed by atoms with Crippen LogP contribution in [0.3, 0.4) is 0 Å². The number of hydrogen-bond acceptors (Lipinski definition) is 3. The van der Waals surface area contributed by atoms with Crippen LogP contribution in [0.2, 0.25) is 0 Å². The van der Waals surface area contributed by atoms with E-state index in [9.17, 15) is 4.79 Å². The average Bonchev–Trinajstić information content (AvgIpc) is 2.88. The molecular formula is C10H17NO3. The van der Waals surface area contributed by atoms with Gasteiger partial charge in [0, 0.05) is 12.6 Å². The Kier molecular flexibility index (Phi) is 2.74. The van der Waals surface area contributed by atoms with Crippen molar-refractivity contribution in [3.8, 4) is 0 Å². The van der Waals surface area contributed by atoms with Gasteiger partial charge in [0.25, 0.3) is 0 Å². The van der Waals surface area contributed by atoms with Gasteiger partial charge < -0.3 is 9.84 Å². The summed E-state index contributed by atoms with van der Waals surface area (Å²) in [6.45, 7) is 2.45. The lowest BCUT2D eigenvalue weighted by Crippen LogP contribution is -2.45. The van der Waals surface area contributed by atoms with Gasteiger partial charge in [0.1, 0.15) is 6.04 Å². The fraction of sp³-hybridized carbons (Fsp3) is 0.900. The molecule has 1 aliphatic heterocycles. The largest absolute Gasteiger partial charge is 0.480 e. The lowest BCUT2D eigenvalue weighted by atomic mass is 10.1. The van der Waals surface area contributed by atoms with Gasteiger partial charge in [-0.15, -0.1) is 0 Å². The molecule has 0 amide bonds. The molecule has 14 heavy (non-hydrogen) atoms. The Hall–Kier alpha value is -0.610. The molecule has 0 aromatic heterocycles. The Bertz CT molecular complexity index is 227. The molecule has 4 heteroatoms. The molecule has 0 spiro atoms. The van der Waals surface area contributed by atoms with Gasteiger partial charge in [-0.3, -0.25) is 10.1 Å². The Balaban J connectivity index is 1.86. The van der Waals surface area contributed by atoms with Gasteiger partial charge in [0.2, 0.25) is 0 Å². The highest BCUT2D eigenvalue weighted by atomic mass is 16.5. The fourth-order valence-electron chi connectivity index (χ4n) is 2.07. The molecule has 0 aromatic rings. The lowest BCUT2D eigenvalue weighted by Gasteiger charge is -2.21. The number of nitrogens with one attached hydrogen (secondary N) is 1. The quantitative estimate of drug-likeness (QED) is 0.696. The van der Waals surface area contributed by atoms with Crippen molar-refractivity contribution in [1.29, 1.82) is 0 Å². The van der Waals surface area contributed by atoms with Crippen LogP contribution in [0.25, 0.3) is 0 Å². The molecule has 80 valence electrons. The minimum Gasteiger partial charge on any atom is -0.480 e. The lowest BCUT2D eigenvalue weighted by molar-refractivity contribution is -0.139. The third-order valence-corrected chi connectivity index (χ3v) is 3.06. The van der Waals surface area contributed by atoms with Gasteiger partial charge in [-0.1, -0.05) is 0 Å². The summed E-state index contributed by atoms with van der Waals surface area (Å²) in [7, 11) is 0. The smallest absolute Gasteiger partial charge is 0.320 e. The van der Waals surface area contributed by atoms with Crippen molar-refractivity contribution in [1.82, 2.24) is 5.32 Å². The number of carboxylic acids is 1. The summed E-state index contributed by atoms with van der Waals surface area (Å²) in [6, 6.07) is -0.225. The molecule has 1 heterocycles. The Morgan fingerprint density at radius 2 is 2.21 bits per heavy atom. The third kappa shape index (κ3) is 2.07. The molecule has 0 aromatic carbocycles. The predicted octanol–water partition coefficient (Wildman–Crippen LogP) is 0.617. The molecule has 3 atom stereocenters. The summed E-state index contributed by atoms with van der Waals surface area (Å²) in [5.41, 5.74) is 0. The van der Waals surface area contributed by atoms with Crippen LogP contribution in [-0.4, -0.2) is 35.9 Å². The summed E-state index contributed by atoms with van der Waals surface area (Å²) in [6.07, 6.45) is 3.68. The van der Waals surface area contributed by atoms with E-state index in [1.807, 2.05) is 0 Å². The van der Waals surface area contributed by atoms with E-state index in [2.05, 4.69) is 5.32 Å². The van der Waals surface area contributed by atoms with E-state index < -0.39 is 12.0 Å². The molecule has 0 radical (unpaired) electrons. The van der Waals surface area contributed by atoms with Gasteiger partial charge in [0.05, 0.1) is 6.10 Å². The van der Waals surface area contributed by atoms with Crippen molar-refractivity contribution in [2.75, 3.05) is 6.61 Å². The number of hydrogen-bond donors (Lipinski definition) is 2. The van der Waals surface area contributed by atoms with Gasteiger partial charge in [-0.25, -0.2) is 0 Å². The molecule has 1 aliphatic carbocycles. The molecule has 2 N–H and O–H groups in total. The maximum absolute atomic E-state index is 10.7. The van der Waals surface area contributed by atoms with Crippen LogP contribution in [-0.2, 0) is 9.53 Å². The van der Waals surface area contributed by atoms with E-state index in [4.69, 9.17) is 9.84 Å². The standard InChI is InChI=1S/C10H17NO3/c1-6(10(12)13)11-8-4-5-14-9(8)7-2-3-7/h6-9,11H,2-5H2,1H3,(H,12,13). The van der Waals surface area contributed by atoms with Crippen LogP contribution in [0.4, 0.5) is 0 Å². The van der Waals surface area contributed by atoms with Crippen molar-refractivity contribution in [3.63, 3.8) is 0 Å². The fourth-order valence-corrected chi connectivity index (χ4v) is 2.07. The number of rotatable bonds is 4. The van der Waals surface area contributed by atoms with Gasteiger partial charge in [-0.05, 0) is 32.1 Å². The Morgan fingerprint density at radius 3 is 2.79 bits per heavy atom. The molecule has 4 nitrogen and oxygen atoms in total. The molecule has 3 unspecified atom stereocenters. The summed E-state index contributed by atoms with van der Waals surface area (Å²) < 4.78 is 5.61. The number of ether oxygens (including phenoxy) is 1. The van der Waals surface area contributed by atoms with E-state index in [0.29, 0.717) is 5.92 Å². The molecule has 2 rings (SSSR count). The summed E-state index contributed by atoms with van der Waals surface area (Å²) in [5, 5.41) is 11.9. The zero-order valence-corrected chi connectivity index (χ0v) is 8.40. The van der Waals surface area contributed by atoms with Crippen molar-refractivity contribution >= 4 is 5.97 Å². The molecule has 1 saturated heterocycles. The second kappa shape index (κ2) is 3.87. The molecule has 1 saturated carbocycles. The van der Waals surface area contributed by atoms with Crippen LogP contribution in [0, 0.1) is 5.92 Å². The maximum atomic E-state index is 10.7. The summed E-state index contributed by atoms with van der Waals surface area (Å²) >= 11 is 0. The second-order valence-corrected chi connectivity index (χ2v) is 4.29. The summed E-state index contributed by atoms with van der Waals surface area (Å²) in [5.74, 6) is -0.109. The van der Waals surface area contributed by atoms with Crippen molar-refractivity contribution in [3.05, 3.63) is 0 Å². The third-order valence-electron chi connectivity index (χ3n) is 3.06. The molecular weight excluding hydrogens is 182 g/mol. The molecule has 2 fully saturated rings. The Labute approximate surface area is 83.6 Å². The minimum atomic E-state index is -0.786. The van der Waals surface area contributed by atoms with Crippen LogP contribution < -0.4 is 5.32 Å². The van der Waals surface area contributed by atoms with E-state index in [-0.39, 0.29) is 12.1 Å². The zero-order chi connectivity index (χ0) is 10.1. The van der Waals surface area contributed by atoms with Crippen LogP contribution in [0.5, 0.6) is 0 Å². The topological polar surface area (TPSA) is 58.6 Å². The van der Waals surface area contributed by atoms with Gasteiger partial charge in [-0.2, -0.15) is 0 Å². The van der Waals surface area contributed by atoms with Gasteiger partial charge in [0.15, 0.2) is 0 Å². The molecule has 0 bridgehead atoms. The van der Waals surface area contributed by atoms with E-state index in [1.165, 1.54) is 12.8 Å². The number of carboxylic acid groups (broad SMARTS) is 1. The van der Waals surface area contributed by atoms with Crippen LogP contribution in [0.15, 0.2) is 0 Å². The first kappa shape index (κ1) is 9.93. The first-order valence-corrected chi connectivity index (χ1v) is 5.29. The first-order chi connectivity index (χ1) is 6.68. The van der Waals surface area contributed by atoms with Gasteiger partial charge >= 0.3 is 5.97 Å². The summed E-state index contributed by atoms with van der Waals surface area (Å²) in [4.78, 5) is 10.7. The van der Waals surface area contributed by atoms with Crippen molar-refractivity contribution < 1.29 is 14.6 Å². The monoisotopic (exact) mass is 199 g/mol. The first-order valence-electron chi connectivity index (χ1n) is 5.29. The normalized spacial score (nSPS) is 34.4. The zero-order valence-electron chi connectivity index (χ0n) is 8.40. The number of aliphatic carboxylic acids is 1. The van der Waals surface area contributed by atoms with E-state index in [0.717, 1.165) is 13.0 Å². The maximum Gasteiger partial charge on any atom is 0.320 e. The highest BCUT2D eigenvalue weighted by molar-refractivity contribution is 5.72.